The molecular formula is C25H27ClN2O6. The number of rotatable bonds is 7. The predicted octanol–water partition coefficient (Wildman–Crippen LogP) is 3.20. The number of carbonyl (C=O) groups is 2. The van der Waals surface area contributed by atoms with Crippen molar-refractivity contribution in [2.24, 2.45) is 0 Å². The Kier molecular flexibility index (Phi) is 7.41. The van der Waals surface area contributed by atoms with Crippen molar-refractivity contribution in [2.45, 2.75) is 12.5 Å². The average molecular weight is 487 g/mol. The van der Waals surface area contributed by atoms with Gasteiger partial charge in [-0.2, -0.15) is 0 Å². The number of aliphatic hydroxyl groups excluding tert-OH is 1. The zero-order valence-corrected chi connectivity index (χ0v) is 19.6. The van der Waals surface area contributed by atoms with E-state index < -0.39 is 17.7 Å². The van der Waals surface area contributed by atoms with E-state index in [-0.39, 0.29) is 22.8 Å². The highest BCUT2D eigenvalue weighted by atomic mass is 35.5. The molecule has 34 heavy (non-hydrogen) atoms. The van der Waals surface area contributed by atoms with Crippen LogP contribution in [0.15, 0.2) is 48.0 Å². The minimum atomic E-state index is -0.824. The Morgan fingerprint density at radius 1 is 1.12 bits per heavy atom. The van der Waals surface area contributed by atoms with E-state index in [2.05, 4.69) is 4.90 Å². The summed E-state index contributed by atoms with van der Waals surface area (Å²) in [7, 11) is 1.42. The number of methoxy groups -OCH3 is 1. The molecule has 2 aromatic rings. The fourth-order valence-electron chi connectivity index (χ4n) is 4.37. The second kappa shape index (κ2) is 10.5. The first-order chi connectivity index (χ1) is 16.4. The van der Waals surface area contributed by atoms with Crippen molar-refractivity contribution < 1.29 is 29.3 Å². The monoisotopic (exact) mass is 486 g/mol. The highest BCUT2D eigenvalue weighted by molar-refractivity contribution is 6.46. The molecule has 0 saturated carbocycles. The van der Waals surface area contributed by atoms with E-state index in [1.54, 1.807) is 36.4 Å². The number of phenolic OH excluding ortho intramolecular Hbond substituents is 1. The van der Waals surface area contributed by atoms with Crippen molar-refractivity contribution in [2.75, 3.05) is 46.5 Å². The first-order valence-electron chi connectivity index (χ1n) is 11.1. The smallest absolute Gasteiger partial charge is 0.295 e. The molecule has 2 heterocycles. The Hall–Kier alpha value is -3.07. The third kappa shape index (κ3) is 4.89. The summed E-state index contributed by atoms with van der Waals surface area (Å²) in [6.07, 6.45) is 0.653. The summed E-state index contributed by atoms with van der Waals surface area (Å²) in [5.74, 6) is -1.55. The van der Waals surface area contributed by atoms with Crippen molar-refractivity contribution >= 4 is 29.1 Å². The molecule has 2 N–H and O–H groups in total. The lowest BCUT2D eigenvalue weighted by Gasteiger charge is -2.29. The first kappa shape index (κ1) is 24.1. The maximum atomic E-state index is 13.1. The van der Waals surface area contributed by atoms with Crippen LogP contribution in [-0.4, -0.2) is 78.2 Å². The average Bonchev–Trinajstić information content (AvgIpc) is 3.10. The molecule has 1 atom stereocenters. The number of benzene rings is 2. The molecule has 0 bridgehead atoms. The summed E-state index contributed by atoms with van der Waals surface area (Å²) >= 11 is 5.97. The van der Waals surface area contributed by atoms with Crippen LogP contribution in [0.3, 0.4) is 0 Å². The number of nitrogens with zero attached hydrogens (tertiary/aromatic N) is 2. The lowest BCUT2D eigenvalue weighted by atomic mass is 9.95. The molecule has 0 radical (unpaired) electrons. The standard InChI is InChI=1S/C25H27ClN2O6/c1-33-20-15-17(5-8-19(20)29)22-21(23(30)16-3-6-18(26)7-4-16)24(31)25(32)28(22)10-2-9-27-11-13-34-14-12-27/h3-8,15,22,29-30H,2,9-14H2,1H3. The summed E-state index contributed by atoms with van der Waals surface area (Å²) in [6, 6.07) is 10.2. The van der Waals surface area contributed by atoms with Gasteiger partial charge in [0.05, 0.1) is 31.9 Å². The van der Waals surface area contributed by atoms with Gasteiger partial charge in [-0.05, 0) is 48.4 Å². The zero-order valence-electron chi connectivity index (χ0n) is 18.9. The number of carbonyl (C=O) groups excluding carboxylic acids is 2. The summed E-state index contributed by atoms with van der Waals surface area (Å²) in [5.41, 5.74) is 0.925. The third-order valence-electron chi connectivity index (χ3n) is 6.15. The molecule has 2 aromatic carbocycles. The number of aromatic hydroxyl groups is 1. The van der Waals surface area contributed by atoms with Crippen LogP contribution in [0.4, 0.5) is 0 Å². The molecule has 1 amide bonds. The van der Waals surface area contributed by atoms with Crippen molar-refractivity contribution in [1.82, 2.24) is 9.80 Å². The number of amides is 1. The second-order valence-electron chi connectivity index (χ2n) is 8.24. The van der Waals surface area contributed by atoms with Gasteiger partial charge in [-0.1, -0.05) is 17.7 Å². The number of Topliss-reactive ketones (excluding diaryl/α,β-unsaturated/α-hetero) is 1. The quantitative estimate of drug-likeness (QED) is 0.352. The Morgan fingerprint density at radius 3 is 2.50 bits per heavy atom. The molecule has 1 unspecified atom stereocenters. The Labute approximate surface area is 202 Å². The summed E-state index contributed by atoms with van der Waals surface area (Å²) in [4.78, 5) is 30.0. The van der Waals surface area contributed by atoms with Gasteiger partial charge in [0.1, 0.15) is 5.76 Å². The number of likely N-dealkylation sites (tertiary alicyclic amines) is 1. The normalized spacial score (nSPS) is 20.6. The van der Waals surface area contributed by atoms with Crippen LogP contribution < -0.4 is 4.74 Å². The van der Waals surface area contributed by atoms with Crippen LogP contribution in [0.25, 0.3) is 5.76 Å². The summed E-state index contributed by atoms with van der Waals surface area (Å²) in [6.45, 7) is 4.10. The van der Waals surface area contributed by atoms with E-state index >= 15 is 0 Å². The molecule has 2 fully saturated rings. The van der Waals surface area contributed by atoms with Gasteiger partial charge >= 0.3 is 0 Å². The van der Waals surface area contributed by atoms with E-state index in [0.717, 1.165) is 19.6 Å². The minimum absolute atomic E-state index is 0.00793. The van der Waals surface area contributed by atoms with Gasteiger partial charge in [-0.3, -0.25) is 14.5 Å². The van der Waals surface area contributed by atoms with E-state index in [9.17, 15) is 19.8 Å². The molecule has 0 aromatic heterocycles. The second-order valence-corrected chi connectivity index (χ2v) is 8.67. The van der Waals surface area contributed by atoms with E-state index in [4.69, 9.17) is 21.1 Å². The van der Waals surface area contributed by atoms with Gasteiger partial charge in [0, 0.05) is 36.8 Å². The molecule has 4 rings (SSSR count). The van der Waals surface area contributed by atoms with Crippen molar-refractivity contribution in [3.05, 3.63) is 64.2 Å². The SMILES string of the molecule is COc1cc(C2C(=C(O)c3ccc(Cl)cc3)C(=O)C(=O)N2CCCN2CCOCC2)ccc1O. The lowest BCUT2D eigenvalue weighted by Crippen LogP contribution is -2.38. The van der Waals surface area contributed by atoms with Gasteiger partial charge < -0.3 is 24.6 Å². The van der Waals surface area contributed by atoms with Crippen molar-refractivity contribution in [3.8, 4) is 11.5 Å². The number of halogens is 1. The fraction of sp³-hybridized carbons (Fsp3) is 0.360. The zero-order chi connectivity index (χ0) is 24.2. The van der Waals surface area contributed by atoms with Crippen LogP contribution >= 0.6 is 11.6 Å². The van der Waals surface area contributed by atoms with Crippen LogP contribution in [0.1, 0.15) is 23.6 Å². The summed E-state index contributed by atoms with van der Waals surface area (Å²) < 4.78 is 10.6. The Balaban J connectivity index is 1.70. The Morgan fingerprint density at radius 2 is 1.82 bits per heavy atom. The summed E-state index contributed by atoms with van der Waals surface area (Å²) in [5, 5.41) is 21.6. The van der Waals surface area contributed by atoms with Crippen LogP contribution in [0.5, 0.6) is 11.5 Å². The van der Waals surface area contributed by atoms with E-state index in [1.165, 1.54) is 18.1 Å². The fourth-order valence-corrected chi connectivity index (χ4v) is 4.50. The number of phenols is 1. The Bertz CT molecular complexity index is 1100. The van der Waals surface area contributed by atoms with Crippen molar-refractivity contribution in [1.29, 1.82) is 0 Å². The van der Waals surface area contributed by atoms with Crippen LogP contribution in [-0.2, 0) is 14.3 Å². The molecule has 9 heteroatoms. The molecule has 2 aliphatic rings. The number of aliphatic hydroxyl groups is 1. The van der Waals surface area contributed by atoms with Gasteiger partial charge in [0.15, 0.2) is 11.5 Å². The molecule has 2 aliphatic heterocycles. The van der Waals surface area contributed by atoms with Gasteiger partial charge in [0.25, 0.3) is 11.7 Å². The third-order valence-corrected chi connectivity index (χ3v) is 6.41. The predicted molar refractivity (Wildman–Crippen MR) is 127 cm³/mol. The number of hydrogen-bond acceptors (Lipinski definition) is 7. The van der Waals surface area contributed by atoms with Gasteiger partial charge in [-0.25, -0.2) is 0 Å². The highest BCUT2D eigenvalue weighted by Gasteiger charge is 2.46. The highest BCUT2D eigenvalue weighted by Crippen LogP contribution is 2.41. The molecular weight excluding hydrogens is 460 g/mol. The van der Waals surface area contributed by atoms with Crippen LogP contribution in [0, 0.1) is 0 Å². The van der Waals surface area contributed by atoms with E-state index in [0.29, 0.717) is 42.3 Å². The molecule has 180 valence electrons. The van der Waals surface area contributed by atoms with E-state index in [1.807, 2.05) is 0 Å². The number of ketones is 1. The van der Waals surface area contributed by atoms with Gasteiger partial charge in [-0.15, -0.1) is 0 Å². The maximum Gasteiger partial charge on any atom is 0.295 e. The molecule has 0 aliphatic carbocycles. The largest absolute Gasteiger partial charge is 0.507 e. The number of morpholine rings is 1. The van der Waals surface area contributed by atoms with Gasteiger partial charge in [0.2, 0.25) is 0 Å². The maximum absolute atomic E-state index is 13.1. The first-order valence-corrected chi connectivity index (χ1v) is 11.5. The molecule has 8 nitrogen and oxygen atoms in total. The topological polar surface area (TPSA) is 99.5 Å². The molecule has 0 spiro atoms. The van der Waals surface area contributed by atoms with Crippen molar-refractivity contribution in [3.63, 3.8) is 0 Å². The lowest BCUT2D eigenvalue weighted by molar-refractivity contribution is -0.140. The number of ether oxygens (including phenoxy) is 2. The number of hydrogen-bond donors (Lipinski definition) is 2. The van der Waals surface area contributed by atoms with Crippen LogP contribution in [0.2, 0.25) is 5.02 Å². The minimum Gasteiger partial charge on any atom is -0.507 e. The molecule has 2 saturated heterocycles.